The number of nitrogens with zero attached hydrogens (tertiary/aromatic N) is 2. The monoisotopic (exact) mass is 302 g/mol. The molecule has 3 rings (SSSR count). The van der Waals surface area contributed by atoms with E-state index in [0.717, 1.165) is 11.3 Å². The number of rotatable bonds is 1. The lowest BCUT2D eigenvalue weighted by Crippen LogP contribution is -2.38. The molecule has 0 fully saturated rings. The Bertz CT molecular complexity index is 661. The summed E-state index contributed by atoms with van der Waals surface area (Å²) in [5.41, 5.74) is 3.14. The van der Waals surface area contributed by atoms with Crippen molar-refractivity contribution < 1.29 is 9.53 Å². The highest BCUT2D eigenvalue weighted by molar-refractivity contribution is 6.30. The van der Waals surface area contributed by atoms with Gasteiger partial charge in [0.05, 0.1) is 7.11 Å². The number of halogens is 1. The minimum absolute atomic E-state index is 0.0336. The van der Waals surface area contributed by atoms with E-state index in [-0.39, 0.29) is 12.0 Å². The normalized spacial score (nSPS) is 17.2. The SMILES string of the molecule is COC(=O)N1Cc2cc(Cl)ccc2C(c2ccccn2)C1. The Morgan fingerprint density at radius 1 is 1.38 bits per heavy atom. The summed E-state index contributed by atoms with van der Waals surface area (Å²) in [7, 11) is 1.39. The van der Waals surface area contributed by atoms with Gasteiger partial charge in [0.1, 0.15) is 0 Å². The lowest BCUT2D eigenvalue weighted by molar-refractivity contribution is 0.116. The third-order valence-corrected chi connectivity index (χ3v) is 3.96. The Morgan fingerprint density at radius 2 is 2.24 bits per heavy atom. The molecule has 5 heteroatoms. The molecule has 0 saturated carbocycles. The fourth-order valence-electron chi connectivity index (χ4n) is 2.74. The zero-order valence-electron chi connectivity index (χ0n) is 11.6. The van der Waals surface area contributed by atoms with Gasteiger partial charge < -0.3 is 9.64 Å². The highest BCUT2D eigenvalue weighted by atomic mass is 35.5. The number of pyridine rings is 1. The molecular formula is C16H15ClN2O2. The third kappa shape index (κ3) is 2.72. The summed E-state index contributed by atoms with van der Waals surface area (Å²) in [6.45, 7) is 1.06. The van der Waals surface area contributed by atoms with Crippen molar-refractivity contribution >= 4 is 17.7 Å². The second-order valence-corrected chi connectivity index (χ2v) is 5.44. The van der Waals surface area contributed by atoms with Crippen molar-refractivity contribution in [1.29, 1.82) is 0 Å². The predicted octanol–water partition coefficient (Wildman–Crippen LogP) is 3.45. The number of methoxy groups -OCH3 is 1. The van der Waals surface area contributed by atoms with Gasteiger partial charge in [-0.15, -0.1) is 0 Å². The molecule has 1 aromatic heterocycles. The molecule has 1 aliphatic rings. The molecule has 1 aliphatic heterocycles. The minimum atomic E-state index is -0.332. The second kappa shape index (κ2) is 5.74. The van der Waals surface area contributed by atoms with Crippen LogP contribution in [0.15, 0.2) is 42.6 Å². The van der Waals surface area contributed by atoms with Crippen LogP contribution in [0, 0.1) is 0 Å². The first-order valence-electron chi connectivity index (χ1n) is 6.71. The smallest absolute Gasteiger partial charge is 0.409 e. The molecule has 0 saturated heterocycles. The Balaban J connectivity index is 2.05. The number of benzene rings is 1. The fourth-order valence-corrected chi connectivity index (χ4v) is 2.94. The van der Waals surface area contributed by atoms with Crippen LogP contribution in [-0.4, -0.2) is 29.6 Å². The second-order valence-electron chi connectivity index (χ2n) is 5.00. The van der Waals surface area contributed by atoms with Gasteiger partial charge in [0.25, 0.3) is 0 Å². The molecule has 2 heterocycles. The summed E-state index contributed by atoms with van der Waals surface area (Å²) in [6, 6.07) is 11.6. The van der Waals surface area contributed by atoms with Crippen LogP contribution in [0.3, 0.4) is 0 Å². The molecule has 0 radical (unpaired) electrons. The van der Waals surface area contributed by atoms with Crippen molar-refractivity contribution in [1.82, 2.24) is 9.88 Å². The Hall–Kier alpha value is -2.07. The van der Waals surface area contributed by atoms with E-state index in [1.165, 1.54) is 12.7 Å². The highest BCUT2D eigenvalue weighted by Gasteiger charge is 2.30. The Labute approximate surface area is 128 Å². The first-order valence-corrected chi connectivity index (χ1v) is 7.09. The standard InChI is InChI=1S/C16H15ClN2O2/c1-21-16(20)19-9-11-8-12(17)5-6-13(11)14(10-19)15-4-2-3-7-18-15/h2-8,14H,9-10H2,1H3. The summed E-state index contributed by atoms with van der Waals surface area (Å²) < 4.78 is 4.85. The number of aromatic nitrogens is 1. The molecule has 108 valence electrons. The van der Waals surface area contributed by atoms with Crippen LogP contribution in [0.2, 0.25) is 5.02 Å². The van der Waals surface area contributed by atoms with Gasteiger partial charge in [0, 0.05) is 35.9 Å². The zero-order valence-corrected chi connectivity index (χ0v) is 12.4. The fraction of sp³-hybridized carbons (Fsp3) is 0.250. The average Bonchev–Trinajstić information content (AvgIpc) is 2.53. The van der Waals surface area contributed by atoms with Crippen molar-refractivity contribution in [2.45, 2.75) is 12.5 Å². The van der Waals surface area contributed by atoms with Crippen LogP contribution in [-0.2, 0) is 11.3 Å². The number of hydrogen-bond donors (Lipinski definition) is 0. The lowest BCUT2D eigenvalue weighted by atomic mass is 9.87. The number of amides is 1. The molecule has 1 atom stereocenters. The maximum Gasteiger partial charge on any atom is 0.409 e. The van der Waals surface area contributed by atoms with Gasteiger partial charge in [-0.1, -0.05) is 23.7 Å². The number of ether oxygens (including phenoxy) is 1. The molecule has 1 amide bonds. The van der Waals surface area contributed by atoms with Crippen molar-refractivity contribution in [3.05, 3.63) is 64.4 Å². The largest absolute Gasteiger partial charge is 0.453 e. The highest BCUT2D eigenvalue weighted by Crippen LogP contribution is 2.34. The van der Waals surface area contributed by atoms with E-state index in [2.05, 4.69) is 4.98 Å². The first-order chi connectivity index (χ1) is 10.2. The van der Waals surface area contributed by atoms with Gasteiger partial charge in [-0.2, -0.15) is 0 Å². The van der Waals surface area contributed by atoms with Crippen molar-refractivity contribution in [2.75, 3.05) is 13.7 Å². The number of carbonyl (C=O) groups excluding carboxylic acids is 1. The molecule has 1 unspecified atom stereocenters. The van der Waals surface area contributed by atoms with Gasteiger partial charge in [0.15, 0.2) is 0 Å². The molecule has 0 N–H and O–H groups in total. The first kappa shape index (κ1) is 13.9. The van der Waals surface area contributed by atoms with E-state index >= 15 is 0 Å². The van der Waals surface area contributed by atoms with E-state index in [0.29, 0.717) is 18.1 Å². The molecule has 0 spiro atoms. The lowest BCUT2D eigenvalue weighted by Gasteiger charge is -2.33. The van der Waals surface area contributed by atoms with Gasteiger partial charge in [-0.05, 0) is 35.4 Å². The maximum atomic E-state index is 11.9. The van der Waals surface area contributed by atoms with Crippen molar-refractivity contribution in [3.8, 4) is 0 Å². The van der Waals surface area contributed by atoms with Crippen LogP contribution in [0.5, 0.6) is 0 Å². The van der Waals surface area contributed by atoms with Crippen LogP contribution >= 0.6 is 11.6 Å². The zero-order chi connectivity index (χ0) is 14.8. The van der Waals surface area contributed by atoms with E-state index in [1.54, 1.807) is 11.1 Å². The predicted molar refractivity (Wildman–Crippen MR) is 80.3 cm³/mol. The summed E-state index contributed by atoms with van der Waals surface area (Å²) in [5.74, 6) is 0.0336. The van der Waals surface area contributed by atoms with Gasteiger partial charge >= 0.3 is 6.09 Å². The van der Waals surface area contributed by atoms with E-state index in [4.69, 9.17) is 16.3 Å². The minimum Gasteiger partial charge on any atom is -0.453 e. The average molecular weight is 303 g/mol. The molecule has 4 nitrogen and oxygen atoms in total. The van der Waals surface area contributed by atoms with Gasteiger partial charge in [0.2, 0.25) is 0 Å². The quantitative estimate of drug-likeness (QED) is 0.810. The summed E-state index contributed by atoms with van der Waals surface area (Å²) in [5, 5.41) is 0.667. The molecule has 2 aromatic rings. The van der Waals surface area contributed by atoms with E-state index in [1.807, 2.05) is 36.4 Å². The topological polar surface area (TPSA) is 42.4 Å². The number of carbonyl (C=O) groups is 1. The number of hydrogen-bond acceptors (Lipinski definition) is 3. The molecule has 0 aliphatic carbocycles. The number of fused-ring (bicyclic) bond motifs is 1. The Kier molecular flexibility index (Phi) is 3.80. The molecule has 0 bridgehead atoms. The summed E-state index contributed by atoms with van der Waals surface area (Å²) >= 11 is 6.08. The van der Waals surface area contributed by atoms with Gasteiger partial charge in [-0.3, -0.25) is 4.98 Å². The van der Waals surface area contributed by atoms with Crippen LogP contribution in [0.4, 0.5) is 4.79 Å². The molecule has 21 heavy (non-hydrogen) atoms. The molecule has 1 aromatic carbocycles. The van der Waals surface area contributed by atoms with Crippen LogP contribution in [0.1, 0.15) is 22.7 Å². The summed E-state index contributed by atoms with van der Waals surface area (Å²) in [6.07, 6.45) is 1.43. The maximum absolute atomic E-state index is 11.9. The van der Waals surface area contributed by atoms with E-state index in [9.17, 15) is 4.79 Å². The van der Waals surface area contributed by atoms with Crippen molar-refractivity contribution in [3.63, 3.8) is 0 Å². The van der Waals surface area contributed by atoms with Crippen molar-refractivity contribution in [2.24, 2.45) is 0 Å². The van der Waals surface area contributed by atoms with Crippen LogP contribution in [0.25, 0.3) is 0 Å². The van der Waals surface area contributed by atoms with Gasteiger partial charge in [-0.25, -0.2) is 4.79 Å². The third-order valence-electron chi connectivity index (χ3n) is 3.72. The van der Waals surface area contributed by atoms with Crippen LogP contribution < -0.4 is 0 Å². The molecular weight excluding hydrogens is 288 g/mol. The summed E-state index contributed by atoms with van der Waals surface area (Å²) in [4.78, 5) is 18.0. The van der Waals surface area contributed by atoms with E-state index < -0.39 is 0 Å². The Morgan fingerprint density at radius 3 is 2.95 bits per heavy atom.